The van der Waals surface area contributed by atoms with E-state index in [1.165, 1.54) is 12.4 Å². The van der Waals surface area contributed by atoms with Crippen molar-refractivity contribution in [1.29, 1.82) is 0 Å². The molecular weight excluding hydrogens is 381 g/mol. The Morgan fingerprint density at radius 3 is 2.73 bits per heavy atom. The van der Waals surface area contributed by atoms with Gasteiger partial charge in [-0.3, -0.25) is 0 Å². The summed E-state index contributed by atoms with van der Waals surface area (Å²) in [6.45, 7) is 2.05. The summed E-state index contributed by atoms with van der Waals surface area (Å²) in [5.74, 6) is 1.53. The van der Waals surface area contributed by atoms with Gasteiger partial charge in [0.05, 0.1) is 12.4 Å². The van der Waals surface area contributed by atoms with Crippen molar-refractivity contribution in [1.82, 2.24) is 19.5 Å². The minimum absolute atomic E-state index is 0.229. The predicted molar refractivity (Wildman–Crippen MR) is 113 cm³/mol. The van der Waals surface area contributed by atoms with Crippen molar-refractivity contribution in [2.75, 3.05) is 5.73 Å². The maximum absolute atomic E-state index is 14.8. The second kappa shape index (κ2) is 7.26. The number of fused-ring (bicyclic) bond motifs is 2. The van der Waals surface area contributed by atoms with Gasteiger partial charge in [-0.25, -0.2) is 19.3 Å². The van der Waals surface area contributed by atoms with E-state index in [1.807, 2.05) is 34.9 Å². The first-order valence-electron chi connectivity index (χ1n) is 9.84. The van der Waals surface area contributed by atoms with E-state index in [2.05, 4.69) is 21.9 Å². The molecule has 1 unspecified atom stereocenters. The highest BCUT2D eigenvalue weighted by Gasteiger charge is 2.29. The number of nitrogens with two attached hydrogens (primary N) is 1. The monoisotopic (exact) mass is 401 g/mol. The summed E-state index contributed by atoms with van der Waals surface area (Å²) in [5.41, 5.74) is 9.52. The SMILES string of the molecule is CCC(C1=C(c2ccccc2F)Cc2ccccc2O1)n1cnc2c(N)ncnc21. The highest BCUT2D eigenvalue weighted by molar-refractivity contribution is 5.81. The van der Waals surface area contributed by atoms with E-state index in [4.69, 9.17) is 10.5 Å². The number of para-hydroxylation sites is 1. The Labute approximate surface area is 172 Å². The van der Waals surface area contributed by atoms with Gasteiger partial charge < -0.3 is 15.0 Å². The Hall–Kier alpha value is -3.74. The van der Waals surface area contributed by atoms with E-state index in [0.29, 0.717) is 41.1 Å². The molecule has 6 nitrogen and oxygen atoms in total. The zero-order valence-electron chi connectivity index (χ0n) is 16.4. The first-order chi connectivity index (χ1) is 14.7. The Morgan fingerprint density at radius 1 is 1.10 bits per heavy atom. The summed E-state index contributed by atoms with van der Waals surface area (Å²) in [6, 6.07) is 14.4. The minimum Gasteiger partial charge on any atom is -0.459 e. The van der Waals surface area contributed by atoms with Gasteiger partial charge in [-0.05, 0) is 24.1 Å². The van der Waals surface area contributed by atoms with Crippen LogP contribution in [0.15, 0.2) is 66.9 Å². The molecule has 0 bridgehead atoms. The lowest BCUT2D eigenvalue weighted by atomic mass is 9.91. The number of ether oxygens (including phenoxy) is 1. The van der Waals surface area contributed by atoms with Gasteiger partial charge in [-0.15, -0.1) is 0 Å². The number of nitrogen functional groups attached to an aromatic ring is 1. The van der Waals surface area contributed by atoms with Gasteiger partial charge in [0.1, 0.15) is 29.2 Å². The number of hydrogen-bond donors (Lipinski definition) is 1. The molecule has 7 heteroatoms. The van der Waals surface area contributed by atoms with Crippen molar-refractivity contribution >= 4 is 22.6 Å². The fourth-order valence-corrected chi connectivity index (χ4v) is 4.02. The lowest BCUT2D eigenvalue weighted by Gasteiger charge is -2.29. The van der Waals surface area contributed by atoms with Crippen LogP contribution in [0.1, 0.15) is 30.5 Å². The smallest absolute Gasteiger partial charge is 0.166 e. The Morgan fingerprint density at radius 2 is 1.90 bits per heavy atom. The average Bonchev–Trinajstić information content (AvgIpc) is 3.20. The summed E-state index contributed by atoms with van der Waals surface area (Å²) < 4.78 is 23.1. The Bertz CT molecular complexity index is 1280. The molecule has 2 aromatic carbocycles. The number of anilines is 1. The topological polar surface area (TPSA) is 78.9 Å². The second-order valence-electron chi connectivity index (χ2n) is 7.22. The second-order valence-corrected chi connectivity index (χ2v) is 7.22. The number of imidazole rings is 1. The maximum atomic E-state index is 14.8. The van der Waals surface area contributed by atoms with Gasteiger partial charge >= 0.3 is 0 Å². The maximum Gasteiger partial charge on any atom is 0.166 e. The molecule has 1 aliphatic heterocycles. The summed E-state index contributed by atoms with van der Waals surface area (Å²) >= 11 is 0. The molecule has 2 aromatic heterocycles. The third-order valence-corrected chi connectivity index (χ3v) is 5.47. The highest BCUT2D eigenvalue weighted by atomic mass is 19.1. The molecule has 4 aromatic rings. The molecule has 0 radical (unpaired) electrons. The molecule has 0 saturated carbocycles. The third kappa shape index (κ3) is 2.90. The number of allylic oxidation sites excluding steroid dienone is 2. The van der Waals surface area contributed by atoms with Crippen molar-refractivity contribution in [3.63, 3.8) is 0 Å². The van der Waals surface area contributed by atoms with Gasteiger partial charge in [0, 0.05) is 17.6 Å². The molecule has 0 fully saturated rings. The molecule has 150 valence electrons. The molecule has 1 atom stereocenters. The lowest BCUT2D eigenvalue weighted by molar-refractivity contribution is 0.333. The van der Waals surface area contributed by atoms with Crippen LogP contribution >= 0.6 is 0 Å². The van der Waals surface area contributed by atoms with Crippen molar-refractivity contribution in [3.05, 3.63) is 83.9 Å². The van der Waals surface area contributed by atoms with Crippen molar-refractivity contribution in [3.8, 4) is 5.75 Å². The number of aromatic nitrogens is 4. The van der Waals surface area contributed by atoms with E-state index >= 15 is 0 Å². The molecule has 0 saturated heterocycles. The fourth-order valence-electron chi connectivity index (χ4n) is 4.02. The van der Waals surface area contributed by atoms with Gasteiger partial charge in [0.2, 0.25) is 0 Å². The molecule has 2 N–H and O–H groups in total. The zero-order chi connectivity index (χ0) is 20.7. The van der Waals surface area contributed by atoms with E-state index in [9.17, 15) is 4.39 Å². The first kappa shape index (κ1) is 18.3. The van der Waals surface area contributed by atoms with Gasteiger partial charge in [0.15, 0.2) is 11.5 Å². The number of rotatable bonds is 4. The molecule has 0 amide bonds. The summed E-state index contributed by atoms with van der Waals surface area (Å²) in [4.78, 5) is 12.8. The van der Waals surface area contributed by atoms with Gasteiger partial charge in [0.25, 0.3) is 0 Å². The third-order valence-electron chi connectivity index (χ3n) is 5.47. The molecule has 1 aliphatic rings. The lowest BCUT2D eigenvalue weighted by Crippen LogP contribution is -2.20. The number of hydrogen-bond acceptors (Lipinski definition) is 5. The summed E-state index contributed by atoms with van der Waals surface area (Å²) in [6.07, 6.45) is 4.39. The number of nitrogens with zero attached hydrogens (tertiary/aromatic N) is 4. The largest absolute Gasteiger partial charge is 0.459 e. The number of halogens is 1. The van der Waals surface area contributed by atoms with Crippen LogP contribution in [-0.4, -0.2) is 19.5 Å². The van der Waals surface area contributed by atoms with Gasteiger partial charge in [-0.2, -0.15) is 0 Å². The van der Waals surface area contributed by atoms with Crippen LogP contribution in [0.4, 0.5) is 10.2 Å². The zero-order valence-corrected chi connectivity index (χ0v) is 16.4. The highest BCUT2D eigenvalue weighted by Crippen LogP contribution is 2.41. The predicted octanol–water partition coefficient (Wildman–Crippen LogP) is 4.55. The molecule has 3 heterocycles. The molecule has 30 heavy (non-hydrogen) atoms. The summed E-state index contributed by atoms with van der Waals surface area (Å²) in [5, 5.41) is 0. The van der Waals surface area contributed by atoms with Crippen molar-refractivity contribution in [2.24, 2.45) is 0 Å². The van der Waals surface area contributed by atoms with Crippen LogP contribution in [-0.2, 0) is 6.42 Å². The normalized spacial score (nSPS) is 14.5. The van der Waals surface area contributed by atoms with Crippen molar-refractivity contribution < 1.29 is 9.13 Å². The Kier molecular flexibility index (Phi) is 4.43. The standard InChI is InChI=1S/C23H20FN5O/c1-2-18(29-13-28-20-22(25)26-12-27-23(20)29)21-16(15-8-4-5-9-17(15)24)11-14-7-3-6-10-19(14)30-21/h3-10,12-13,18H,2,11H2,1H3,(H2,25,26,27). The van der Waals surface area contributed by atoms with Crippen LogP contribution in [0.5, 0.6) is 5.75 Å². The van der Waals surface area contributed by atoms with Crippen LogP contribution in [0.3, 0.4) is 0 Å². The average molecular weight is 401 g/mol. The quantitative estimate of drug-likeness (QED) is 0.543. The van der Waals surface area contributed by atoms with Crippen LogP contribution in [0.25, 0.3) is 16.7 Å². The van der Waals surface area contributed by atoms with Crippen LogP contribution in [0, 0.1) is 5.82 Å². The molecule has 0 spiro atoms. The van der Waals surface area contributed by atoms with E-state index < -0.39 is 0 Å². The van der Waals surface area contributed by atoms with E-state index in [0.717, 1.165) is 16.9 Å². The summed E-state index contributed by atoms with van der Waals surface area (Å²) in [7, 11) is 0. The fraction of sp³-hybridized carbons (Fsp3) is 0.174. The molecule has 5 rings (SSSR count). The number of benzene rings is 2. The van der Waals surface area contributed by atoms with E-state index in [1.54, 1.807) is 18.5 Å². The molecule has 0 aliphatic carbocycles. The first-order valence-corrected chi connectivity index (χ1v) is 9.84. The molecular formula is C23H20FN5O. The van der Waals surface area contributed by atoms with Crippen LogP contribution in [0.2, 0.25) is 0 Å². The van der Waals surface area contributed by atoms with E-state index in [-0.39, 0.29) is 11.9 Å². The van der Waals surface area contributed by atoms with Crippen molar-refractivity contribution in [2.45, 2.75) is 25.8 Å². The van der Waals surface area contributed by atoms with Gasteiger partial charge in [-0.1, -0.05) is 43.3 Å². The minimum atomic E-state index is -0.273. The Balaban J connectivity index is 1.72. The van der Waals surface area contributed by atoms with Crippen LogP contribution < -0.4 is 10.5 Å².